The van der Waals surface area contributed by atoms with Crippen molar-refractivity contribution in [2.45, 2.75) is 62.2 Å². The van der Waals surface area contributed by atoms with Gasteiger partial charge >= 0.3 is 0 Å². The highest BCUT2D eigenvalue weighted by atomic mass is 79.9. The molecular formula is C20H29BrN2O3S2. The summed E-state index contributed by atoms with van der Waals surface area (Å²) in [6.07, 6.45) is 6.62. The van der Waals surface area contributed by atoms with Gasteiger partial charge in [0.05, 0.1) is 6.54 Å². The lowest BCUT2D eigenvalue weighted by Crippen LogP contribution is -2.46. The zero-order chi connectivity index (χ0) is 20.0. The number of hydrogen-bond acceptors (Lipinski definition) is 5. The molecule has 3 rings (SSSR count). The normalized spacial score (nSPS) is 16.8. The third kappa shape index (κ3) is 5.69. The molecule has 0 atom stereocenters. The number of rotatable bonds is 10. The first-order chi connectivity index (χ1) is 13.5. The Kier molecular flexibility index (Phi) is 8.17. The van der Waals surface area contributed by atoms with Crippen LogP contribution in [0, 0.1) is 0 Å². The van der Waals surface area contributed by atoms with E-state index in [0.717, 1.165) is 36.4 Å². The smallest absolute Gasteiger partial charge is 0.252 e. The van der Waals surface area contributed by atoms with Gasteiger partial charge < -0.3 is 4.42 Å². The zero-order valence-electron chi connectivity index (χ0n) is 16.3. The number of sulfonamides is 1. The van der Waals surface area contributed by atoms with E-state index in [1.807, 2.05) is 17.5 Å². The third-order valence-electron chi connectivity index (χ3n) is 5.32. The molecule has 1 fully saturated rings. The molecule has 0 N–H and O–H groups in total. The Bertz CT molecular complexity index is 812. The van der Waals surface area contributed by atoms with Crippen LogP contribution >= 0.6 is 27.3 Å². The van der Waals surface area contributed by atoms with Gasteiger partial charge in [-0.05, 0) is 65.3 Å². The van der Waals surface area contributed by atoms with Gasteiger partial charge in [0.2, 0.25) is 0 Å². The van der Waals surface area contributed by atoms with E-state index in [1.165, 1.54) is 37.0 Å². The predicted molar refractivity (Wildman–Crippen MR) is 117 cm³/mol. The molecule has 1 aliphatic heterocycles. The highest BCUT2D eigenvalue weighted by Crippen LogP contribution is 2.27. The van der Waals surface area contributed by atoms with Crippen LogP contribution in [-0.2, 0) is 16.6 Å². The number of thiophene rings is 1. The molecule has 8 heteroatoms. The minimum Gasteiger partial charge on any atom is -0.453 e. The summed E-state index contributed by atoms with van der Waals surface area (Å²) in [5.74, 6) is 0.955. The molecule has 0 spiro atoms. The van der Waals surface area contributed by atoms with E-state index in [2.05, 4.69) is 27.8 Å². The summed E-state index contributed by atoms with van der Waals surface area (Å²) in [6.45, 7) is 5.19. The summed E-state index contributed by atoms with van der Waals surface area (Å²) in [5, 5.41) is 1.82. The van der Waals surface area contributed by atoms with Gasteiger partial charge in [-0.3, -0.25) is 4.90 Å². The van der Waals surface area contributed by atoms with Gasteiger partial charge in [-0.2, -0.15) is 4.31 Å². The fourth-order valence-electron chi connectivity index (χ4n) is 3.75. The standard InChI is InChI=1S/C20H29BrN2O3S2/c1-2-3-4-5-12-22(16-18-8-9-19(21)26-18)17-10-13-23(14-11-17)28(24,25)20-7-6-15-27-20/h6-9,15,17H,2-5,10-14,16H2,1H3. The second-order valence-corrected chi connectivity index (χ2v) is 11.2. The highest BCUT2D eigenvalue weighted by molar-refractivity contribution is 9.10. The lowest BCUT2D eigenvalue weighted by molar-refractivity contribution is 0.121. The number of nitrogens with zero attached hydrogens (tertiary/aromatic N) is 2. The monoisotopic (exact) mass is 488 g/mol. The maximum atomic E-state index is 12.8. The van der Waals surface area contributed by atoms with Crippen LogP contribution in [0.4, 0.5) is 0 Å². The van der Waals surface area contributed by atoms with Crippen LogP contribution in [-0.4, -0.2) is 43.3 Å². The van der Waals surface area contributed by atoms with E-state index in [4.69, 9.17) is 4.42 Å². The van der Waals surface area contributed by atoms with Crippen LogP contribution in [0.25, 0.3) is 0 Å². The summed E-state index contributed by atoms with van der Waals surface area (Å²) in [7, 11) is -3.34. The number of unbranched alkanes of at least 4 members (excludes halogenated alkanes) is 3. The molecule has 0 bridgehead atoms. The molecule has 1 saturated heterocycles. The van der Waals surface area contributed by atoms with Gasteiger partial charge in [-0.15, -0.1) is 11.3 Å². The van der Waals surface area contributed by atoms with Crippen molar-refractivity contribution in [1.29, 1.82) is 0 Å². The molecule has 3 heterocycles. The lowest BCUT2D eigenvalue weighted by Gasteiger charge is -2.37. The van der Waals surface area contributed by atoms with Crippen molar-refractivity contribution >= 4 is 37.3 Å². The molecule has 0 saturated carbocycles. The summed E-state index contributed by atoms with van der Waals surface area (Å²) in [6, 6.07) is 7.82. The van der Waals surface area contributed by atoms with Crippen LogP contribution < -0.4 is 0 Å². The number of piperidine rings is 1. The summed E-state index contributed by atoms with van der Waals surface area (Å²) in [4.78, 5) is 2.48. The third-order valence-corrected chi connectivity index (χ3v) is 9.01. The molecule has 156 valence electrons. The largest absolute Gasteiger partial charge is 0.453 e. The van der Waals surface area contributed by atoms with Gasteiger partial charge in [-0.25, -0.2) is 8.42 Å². The van der Waals surface area contributed by atoms with Crippen LogP contribution in [0.2, 0.25) is 0 Å². The lowest BCUT2D eigenvalue weighted by atomic mass is 10.0. The molecule has 2 aromatic heterocycles. The zero-order valence-corrected chi connectivity index (χ0v) is 19.6. The molecule has 0 aliphatic carbocycles. The molecule has 0 aromatic carbocycles. The number of furan rings is 1. The minimum absolute atomic E-state index is 0.389. The molecule has 0 unspecified atom stereocenters. The Morgan fingerprint density at radius 2 is 2.00 bits per heavy atom. The second kappa shape index (κ2) is 10.4. The Morgan fingerprint density at radius 3 is 2.61 bits per heavy atom. The highest BCUT2D eigenvalue weighted by Gasteiger charge is 2.32. The van der Waals surface area contributed by atoms with Crippen molar-refractivity contribution in [3.05, 3.63) is 40.1 Å². The van der Waals surface area contributed by atoms with Crippen molar-refractivity contribution in [3.63, 3.8) is 0 Å². The van der Waals surface area contributed by atoms with Gasteiger partial charge in [0.25, 0.3) is 10.0 Å². The molecule has 5 nitrogen and oxygen atoms in total. The Hall–Kier alpha value is -0.670. The minimum atomic E-state index is -3.34. The fraction of sp³-hybridized carbons (Fsp3) is 0.600. The van der Waals surface area contributed by atoms with Crippen molar-refractivity contribution in [1.82, 2.24) is 9.21 Å². The van der Waals surface area contributed by atoms with Crippen molar-refractivity contribution in [2.24, 2.45) is 0 Å². The second-order valence-electron chi connectivity index (χ2n) is 7.30. The quantitative estimate of drug-likeness (QED) is 0.423. The van der Waals surface area contributed by atoms with Gasteiger partial charge in [0.1, 0.15) is 9.97 Å². The molecule has 0 amide bonds. The first-order valence-corrected chi connectivity index (χ1v) is 13.1. The molecule has 1 aliphatic rings. The molecule has 2 aromatic rings. The summed E-state index contributed by atoms with van der Waals surface area (Å²) in [5.41, 5.74) is 0. The van der Waals surface area contributed by atoms with E-state index in [1.54, 1.807) is 16.4 Å². The first-order valence-electron chi connectivity index (χ1n) is 10.0. The van der Waals surface area contributed by atoms with Gasteiger partial charge in [0.15, 0.2) is 4.67 Å². The predicted octanol–water partition coefficient (Wildman–Crippen LogP) is 5.34. The Labute approximate surface area is 180 Å². The van der Waals surface area contributed by atoms with E-state index in [0.29, 0.717) is 23.3 Å². The van der Waals surface area contributed by atoms with E-state index in [9.17, 15) is 8.42 Å². The van der Waals surface area contributed by atoms with Crippen LogP contribution in [0.15, 0.2) is 42.9 Å². The van der Waals surface area contributed by atoms with Crippen LogP contribution in [0.3, 0.4) is 0 Å². The maximum Gasteiger partial charge on any atom is 0.252 e. The average molecular weight is 490 g/mol. The molecular weight excluding hydrogens is 460 g/mol. The van der Waals surface area contributed by atoms with Crippen molar-refractivity contribution in [2.75, 3.05) is 19.6 Å². The van der Waals surface area contributed by atoms with Crippen molar-refractivity contribution < 1.29 is 12.8 Å². The van der Waals surface area contributed by atoms with Gasteiger partial charge in [-0.1, -0.05) is 32.3 Å². The van der Waals surface area contributed by atoms with E-state index in [-0.39, 0.29) is 0 Å². The molecule has 0 radical (unpaired) electrons. The average Bonchev–Trinajstić information content (AvgIpc) is 3.37. The molecule has 28 heavy (non-hydrogen) atoms. The fourth-order valence-corrected chi connectivity index (χ4v) is 6.71. The topological polar surface area (TPSA) is 53.8 Å². The van der Waals surface area contributed by atoms with Crippen molar-refractivity contribution in [3.8, 4) is 0 Å². The van der Waals surface area contributed by atoms with Gasteiger partial charge in [0, 0.05) is 19.1 Å². The van der Waals surface area contributed by atoms with Crippen LogP contribution in [0.5, 0.6) is 0 Å². The Morgan fingerprint density at radius 1 is 1.21 bits per heavy atom. The number of halogens is 1. The van der Waals surface area contributed by atoms with Crippen LogP contribution in [0.1, 0.15) is 51.2 Å². The van der Waals surface area contributed by atoms with E-state index >= 15 is 0 Å². The maximum absolute atomic E-state index is 12.8. The summed E-state index contributed by atoms with van der Waals surface area (Å²) < 4.78 is 34.1. The summed E-state index contributed by atoms with van der Waals surface area (Å²) >= 11 is 4.68. The first kappa shape index (κ1) is 22.0. The van der Waals surface area contributed by atoms with E-state index < -0.39 is 10.0 Å². The SMILES string of the molecule is CCCCCCN(Cc1ccc(Br)o1)C1CCN(S(=O)(=O)c2cccs2)CC1. The number of hydrogen-bond donors (Lipinski definition) is 0. The Balaban J connectivity index is 1.61.